The molecular weight excluding hydrogens is 204 g/mol. The van der Waals surface area contributed by atoms with Gasteiger partial charge in [-0.3, -0.25) is 4.90 Å². The summed E-state index contributed by atoms with van der Waals surface area (Å²) in [5.74, 6) is 0. The minimum atomic E-state index is 0.301. The van der Waals surface area contributed by atoms with Crippen molar-refractivity contribution < 1.29 is 0 Å². The lowest BCUT2D eigenvalue weighted by Crippen LogP contribution is -2.33. The molecule has 1 atom stereocenters. The van der Waals surface area contributed by atoms with E-state index in [1.54, 1.807) is 0 Å². The molecule has 1 aromatic rings. The van der Waals surface area contributed by atoms with E-state index in [-0.39, 0.29) is 0 Å². The summed E-state index contributed by atoms with van der Waals surface area (Å²) in [7, 11) is 0. The van der Waals surface area contributed by atoms with Crippen molar-refractivity contribution in [1.29, 1.82) is 0 Å². The lowest BCUT2D eigenvalue weighted by Gasteiger charge is -2.26. The van der Waals surface area contributed by atoms with Gasteiger partial charge in [0, 0.05) is 30.1 Å². The molecule has 2 nitrogen and oxygen atoms in total. The van der Waals surface area contributed by atoms with Gasteiger partial charge in [-0.25, -0.2) is 0 Å². The van der Waals surface area contributed by atoms with Crippen molar-refractivity contribution in [3.63, 3.8) is 0 Å². The summed E-state index contributed by atoms with van der Waals surface area (Å²) in [4.78, 5) is 3.92. The lowest BCUT2D eigenvalue weighted by atomic mass is 10.2. The average Bonchev–Trinajstić information content (AvgIpc) is 2.63. The Labute approximate surface area is 97.1 Å². The number of hydrogen-bond acceptors (Lipinski definition) is 3. The van der Waals surface area contributed by atoms with Crippen LogP contribution in [0.2, 0.25) is 0 Å². The smallest absolute Gasteiger partial charge is 0.0330 e. The maximum Gasteiger partial charge on any atom is 0.0330 e. The fourth-order valence-corrected chi connectivity index (χ4v) is 2.22. The Morgan fingerprint density at radius 1 is 1.40 bits per heavy atom. The maximum absolute atomic E-state index is 5.79. The van der Waals surface area contributed by atoms with E-state index in [4.69, 9.17) is 5.73 Å². The van der Waals surface area contributed by atoms with Crippen LogP contribution < -0.4 is 5.73 Å². The first-order valence-electron chi connectivity index (χ1n) is 5.61. The quantitative estimate of drug-likeness (QED) is 0.808. The van der Waals surface area contributed by atoms with E-state index in [1.807, 2.05) is 11.3 Å². The zero-order valence-electron chi connectivity index (χ0n) is 9.94. The normalized spacial score (nSPS) is 13.7. The topological polar surface area (TPSA) is 29.3 Å². The molecule has 0 saturated heterocycles. The molecule has 0 aromatic carbocycles. The number of rotatable bonds is 6. The van der Waals surface area contributed by atoms with Crippen molar-refractivity contribution in [1.82, 2.24) is 4.90 Å². The highest BCUT2D eigenvalue weighted by molar-refractivity contribution is 7.09. The Balaban J connectivity index is 2.44. The van der Waals surface area contributed by atoms with E-state index < -0.39 is 0 Å². The second-order valence-electron chi connectivity index (χ2n) is 4.41. The Morgan fingerprint density at radius 3 is 2.60 bits per heavy atom. The van der Waals surface area contributed by atoms with Crippen molar-refractivity contribution in [3.05, 3.63) is 22.4 Å². The molecule has 0 fully saturated rings. The zero-order chi connectivity index (χ0) is 11.3. The third kappa shape index (κ3) is 4.78. The predicted molar refractivity (Wildman–Crippen MR) is 68.1 cm³/mol. The molecule has 1 rings (SSSR count). The maximum atomic E-state index is 5.79. The monoisotopic (exact) mass is 226 g/mol. The SMILES string of the molecule is CC(N)CCN(Cc1cccs1)C(C)C. The molecule has 0 aliphatic rings. The summed E-state index contributed by atoms with van der Waals surface area (Å²) < 4.78 is 0. The van der Waals surface area contributed by atoms with Crippen molar-refractivity contribution in [2.24, 2.45) is 5.73 Å². The molecule has 0 bridgehead atoms. The lowest BCUT2D eigenvalue weighted by molar-refractivity contribution is 0.208. The summed E-state index contributed by atoms with van der Waals surface area (Å²) in [5, 5.41) is 2.14. The molecule has 0 aliphatic heterocycles. The van der Waals surface area contributed by atoms with Crippen LogP contribution in [0, 0.1) is 0 Å². The van der Waals surface area contributed by atoms with Gasteiger partial charge in [-0.05, 0) is 38.6 Å². The third-order valence-corrected chi connectivity index (χ3v) is 3.40. The standard InChI is InChI=1S/C12H22N2S/c1-10(2)14(7-6-11(3)13)9-12-5-4-8-15-12/h4-5,8,10-11H,6-7,9,13H2,1-3H3. The molecule has 3 heteroatoms. The van der Waals surface area contributed by atoms with Gasteiger partial charge in [0.2, 0.25) is 0 Å². The van der Waals surface area contributed by atoms with E-state index in [0.717, 1.165) is 19.5 Å². The third-order valence-electron chi connectivity index (χ3n) is 2.54. The Kier molecular flexibility index (Phi) is 5.29. The van der Waals surface area contributed by atoms with Crippen LogP contribution in [0.25, 0.3) is 0 Å². The van der Waals surface area contributed by atoms with E-state index in [1.165, 1.54) is 4.88 Å². The molecule has 1 aromatic heterocycles. The molecule has 86 valence electrons. The predicted octanol–water partition coefficient (Wildman–Crippen LogP) is 2.70. The second kappa shape index (κ2) is 6.26. The van der Waals surface area contributed by atoms with Gasteiger partial charge in [-0.1, -0.05) is 6.07 Å². The van der Waals surface area contributed by atoms with Crippen LogP contribution in [0.3, 0.4) is 0 Å². The van der Waals surface area contributed by atoms with Gasteiger partial charge < -0.3 is 5.73 Å². The van der Waals surface area contributed by atoms with Gasteiger partial charge >= 0.3 is 0 Å². The van der Waals surface area contributed by atoms with Crippen molar-refractivity contribution in [2.45, 2.75) is 45.8 Å². The summed E-state index contributed by atoms with van der Waals surface area (Å²) in [6, 6.07) is 5.20. The van der Waals surface area contributed by atoms with Crippen molar-refractivity contribution in [2.75, 3.05) is 6.54 Å². The summed E-state index contributed by atoms with van der Waals surface area (Å²) in [6.45, 7) is 8.71. The van der Waals surface area contributed by atoms with Crippen molar-refractivity contribution >= 4 is 11.3 Å². The van der Waals surface area contributed by atoms with Gasteiger partial charge in [0.05, 0.1) is 0 Å². The highest BCUT2D eigenvalue weighted by Gasteiger charge is 2.11. The fourth-order valence-electron chi connectivity index (χ4n) is 1.49. The zero-order valence-corrected chi connectivity index (χ0v) is 10.8. The minimum Gasteiger partial charge on any atom is -0.328 e. The molecule has 0 spiro atoms. The molecule has 0 aliphatic carbocycles. The van der Waals surface area contributed by atoms with Gasteiger partial charge in [-0.2, -0.15) is 0 Å². The number of thiophene rings is 1. The first-order valence-corrected chi connectivity index (χ1v) is 6.49. The molecule has 1 unspecified atom stereocenters. The second-order valence-corrected chi connectivity index (χ2v) is 5.44. The van der Waals surface area contributed by atoms with Crippen LogP contribution in [-0.4, -0.2) is 23.5 Å². The number of hydrogen-bond donors (Lipinski definition) is 1. The molecule has 1 heterocycles. The first kappa shape index (κ1) is 12.7. The molecule has 0 amide bonds. The molecular formula is C12H22N2S. The number of nitrogens with two attached hydrogens (primary N) is 1. The van der Waals surface area contributed by atoms with E-state index in [2.05, 4.69) is 43.2 Å². The van der Waals surface area contributed by atoms with Gasteiger partial charge in [0.25, 0.3) is 0 Å². The van der Waals surface area contributed by atoms with Gasteiger partial charge in [-0.15, -0.1) is 11.3 Å². The molecule has 2 N–H and O–H groups in total. The Bertz CT molecular complexity index is 255. The largest absolute Gasteiger partial charge is 0.328 e. The summed E-state index contributed by atoms with van der Waals surface area (Å²) in [6.07, 6.45) is 1.07. The van der Waals surface area contributed by atoms with E-state index in [0.29, 0.717) is 12.1 Å². The highest BCUT2D eigenvalue weighted by Crippen LogP contribution is 2.14. The first-order chi connectivity index (χ1) is 7.09. The molecule has 15 heavy (non-hydrogen) atoms. The van der Waals surface area contributed by atoms with Crippen LogP contribution in [0.4, 0.5) is 0 Å². The van der Waals surface area contributed by atoms with Gasteiger partial charge in [0.1, 0.15) is 0 Å². The van der Waals surface area contributed by atoms with Crippen LogP contribution in [0.5, 0.6) is 0 Å². The highest BCUT2D eigenvalue weighted by atomic mass is 32.1. The minimum absolute atomic E-state index is 0.301. The van der Waals surface area contributed by atoms with Crippen LogP contribution in [0.15, 0.2) is 17.5 Å². The fraction of sp³-hybridized carbons (Fsp3) is 0.667. The Hall–Kier alpha value is -0.380. The summed E-state index contributed by atoms with van der Waals surface area (Å²) >= 11 is 1.83. The average molecular weight is 226 g/mol. The van der Waals surface area contributed by atoms with E-state index >= 15 is 0 Å². The van der Waals surface area contributed by atoms with Crippen LogP contribution in [0.1, 0.15) is 32.1 Å². The van der Waals surface area contributed by atoms with Gasteiger partial charge in [0.15, 0.2) is 0 Å². The van der Waals surface area contributed by atoms with Crippen LogP contribution >= 0.6 is 11.3 Å². The molecule has 0 radical (unpaired) electrons. The number of nitrogens with zero attached hydrogens (tertiary/aromatic N) is 1. The Morgan fingerprint density at radius 2 is 2.13 bits per heavy atom. The summed E-state index contributed by atoms with van der Waals surface area (Å²) in [5.41, 5.74) is 5.79. The van der Waals surface area contributed by atoms with Crippen LogP contribution in [-0.2, 0) is 6.54 Å². The molecule has 0 saturated carbocycles. The van der Waals surface area contributed by atoms with Crippen molar-refractivity contribution in [3.8, 4) is 0 Å². The van der Waals surface area contributed by atoms with E-state index in [9.17, 15) is 0 Å².